The zero-order valence-corrected chi connectivity index (χ0v) is 19.2. The highest BCUT2D eigenvalue weighted by molar-refractivity contribution is 7.89. The van der Waals surface area contributed by atoms with Gasteiger partial charge >= 0.3 is 0 Å². The van der Waals surface area contributed by atoms with Crippen LogP contribution in [0.3, 0.4) is 0 Å². The lowest BCUT2D eigenvalue weighted by molar-refractivity contribution is 0.0729. The summed E-state index contributed by atoms with van der Waals surface area (Å²) in [5.41, 5.74) is 1.89. The number of carbonyl (C=O) groups is 2. The molecule has 2 aliphatic rings. The van der Waals surface area contributed by atoms with Crippen molar-refractivity contribution >= 4 is 21.8 Å². The highest BCUT2D eigenvalue weighted by Crippen LogP contribution is 2.30. The minimum Gasteiger partial charge on any atom is -0.349 e. The van der Waals surface area contributed by atoms with Crippen molar-refractivity contribution in [3.05, 3.63) is 65.2 Å². The van der Waals surface area contributed by atoms with Crippen molar-refractivity contribution in [2.45, 2.75) is 69.1 Å². The van der Waals surface area contributed by atoms with Crippen LogP contribution in [0.5, 0.6) is 0 Å². The maximum absolute atomic E-state index is 13.3. The van der Waals surface area contributed by atoms with E-state index in [9.17, 15) is 18.0 Å². The van der Waals surface area contributed by atoms with E-state index >= 15 is 0 Å². The molecule has 32 heavy (non-hydrogen) atoms. The van der Waals surface area contributed by atoms with Crippen molar-refractivity contribution < 1.29 is 18.0 Å². The molecular formula is C24H29N3O4S. The van der Waals surface area contributed by atoms with E-state index < -0.39 is 10.0 Å². The second-order valence-electron chi connectivity index (χ2n) is 8.91. The van der Waals surface area contributed by atoms with Crippen molar-refractivity contribution in [3.63, 3.8) is 0 Å². The first-order chi connectivity index (χ1) is 15.2. The van der Waals surface area contributed by atoms with Crippen molar-refractivity contribution in [2.75, 3.05) is 0 Å². The predicted octanol–water partition coefficient (Wildman–Crippen LogP) is 3.07. The van der Waals surface area contributed by atoms with Gasteiger partial charge in [0.1, 0.15) is 0 Å². The molecule has 0 saturated heterocycles. The Morgan fingerprint density at radius 1 is 1.00 bits per heavy atom. The minimum atomic E-state index is -3.68. The molecule has 2 fully saturated rings. The van der Waals surface area contributed by atoms with Crippen LogP contribution in [0.2, 0.25) is 0 Å². The number of nitrogens with zero attached hydrogens (tertiary/aromatic N) is 1. The summed E-state index contributed by atoms with van der Waals surface area (Å²) in [5, 5.41) is 2.97. The molecule has 0 aliphatic heterocycles. The van der Waals surface area contributed by atoms with Gasteiger partial charge in [0.25, 0.3) is 11.8 Å². The van der Waals surface area contributed by atoms with E-state index in [1.807, 2.05) is 12.1 Å². The fourth-order valence-electron chi connectivity index (χ4n) is 3.55. The molecule has 0 unspecified atom stereocenters. The third-order valence-corrected chi connectivity index (χ3v) is 7.17. The number of hydrogen-bond acceptors (Lipinski definition) is 4. The van der Waals surface area contributed by atoms with E-state index in [2.05, 4.69) is 10.0 Å². The summed E-state index contributed by atoms with van der Waals surface area (Å²) in [6, 6.07) is 13.7. The molecule has 0 bridgehead atoms. The Morgan fingerprint density at radius 3 is 2.28 bits per heavy atom. The van der Waals surface area contributed by atoms with Gasteiger partial charge in [-0.25, -0.2) is 13.1 Å². The van der Waals surface area contributed by atoms with Gasteiger partial charge in [0, 0.05) is 35.8 Å². The fourth-order valence-corrected chi connectivity index (χ4v) is 4.84. The van der Waals surface area contributed by atoms with Crippen molar-refractivity contribution in [3.8, 4) is 0 Å². The molecule has 2 amide bonds. The lowest BCUT2D eigenvalue weighted by Gasteiger charge is -2.23. The molecule has 4 rings (SSSR count). The average molecular weight is 456 g/mol. The second-order valence-corrected chi connectivity index (χ2v) is 10.6. The SMILES string of the molecule is CC(C)NS(=O)(=O)c1cccc(C(=O)N(Cc2ccc(C(=O)NC3CC3)cc2)C2CC2)c1. The largest absolute Gasteiger partial charge is 0.349 e. The Labute approximate surface area is 189 Å². The van der Waals surface area contributed by atoms with Gasteiger partial charge in [-0.1, -0.05) is 18.2 Å². The third-order valence-electron chi connectivity index (χ3n) is 5.51. The van der Waals surface area contributed by atoms with Gasteiger partial charge < -0.3 is 10.2 Å². The molecule has 7 nitrogen and oxygen atoms in total. The van der Waals surface area contributed by atoms with Crippen LogP contribution in [0.1, 0.15) is 65.8 Å². The molecular weight excluding hydrogens is 426 g/mol. The lowest BCUT2D eigenvalue weighted by Crippen LogP contribution is -2.33. The number of hydrogen-bond donors (Lipinski definition) is 2. The summed E-state index contributed by atoms with van der Waals surface area (Å²) in [6.07, 6.45) is 3.94. The number of carbonyl (C=O) groups excluding carboxylic acids is 2. The molecule has 2 saturated carbocycles. The van der Waals surface area contributed by atoms with Gasteiger partial charge in [-0.05, 0) is 75.4 Å². The van der Waals surface area contributed by atoms with Crippen molar-refractivity contribution in [1.82, 2.24) is 14.9 Å². The third kappa shape index (κ3) is 5.55. The summed E-state index contributed by atoms with van der Waals surface area (Å²) >= 11 is 0. The first kappa shape index (κ1) is 22.5. The normalized spacial score (nSPS) is 16.1. The van der Waals surface area contributed by atoms with Gasteiger partial charge in [0.15, 0.2) is 0 Å². The molecule has 0 spiro atoms. The van der Waals surface area contributed by atoms with Crippen LogP contribution in [0.4, 0.5) is 0 Å². The summed E-state index contributed by atoms with van der Waals surface area (Å²) < 4.78 is 27.6. The van der Waals surface area contributed by atoms with Crippen LogP contribution in [-0.2, 0) is 16.6 Å². The fraction of sp³-hybridized carbons (Fsp3) is 0.417. The molecule has 2 N–H and O–H groups in total. The summed E-state index contributed by atoms with van der Waals surface area (Å²) in [7, 11) is -3.68. The number of amides is 2. The Balaban J connectivity index is 1.49. The molecule has 0 radical (unpaired) electrons. The van der Waals surface area contributed by atoms with Gasteiger partial charge in [-0.15, -0.1) is 0 Å². The number of nitrogens with one attached hydrogen (secondary N) is 2. The minimum absolute atomic E-state index is 0.0674. The maximum atomic E-state index is 13.3. The van der Waals surface area contributed by atoms with Crippen molar-refractivity contribution in [2.24, 2.45) is 0 Å². The van der Waals surface area contributed by atoms with E-state index in [-0.39, 0.29) is 28.8 Å². The molecule has 0 heterocycles. The van der Waals surface area contributed by atoms with E-state index in [0.717, 1.165) is 31.2 Å². The highest BCUT2D eigenvalue weighted by atomic mass is 32.2. The van der Waals surface area contributed by atoms with Crippen LogP contribution < -0.4 is 10.0 Å². The molecule has 0 atom stereocenters. The number of benzene rings is 2. The van der Waals surface area contributed by atoms with Gasteiger partial charge in [0.05, 0.1) is 4.90 Å². The van der Waals surface area contributed by atoms with Crippen LogP contribution in [-0.4, -0.2) is 43.3 Å². The smallest absolute Gasteiger partial charge is 0.254 e. The highest BCUT2D eigenvalue weighted by Gasteiger charge is 2.33. The predicted molar refractivity (Wildman–Crippen MR) is 122 cm³/mol. The lowest BCUT2D eigenvalue weighted by atomic mass is 10.1. The summed E-state index contributed by atoms with van der Waals surface area (Å²) in [6.45, 7) is 3.92. The molecule has 170 valence electrons. The van der Waals surface area contributed by atoms with Crippen LogP contribution in [0, 0.1) is 0 Å². The standard InChI is InChI=1S/C24H29N3O4S/c1-16(2)26-32(30,31)22-5-3-4-19(14-22)24(29)27(21-12-13-21)15-17-6-8-18(9-7-17)23(28)25-20-10-11-20/h3-9,14,16,20-21,26H,10-13,15H2,1-2H3,(H,25,28). The maximum Gasteiger partial charge on any atom is 0.254 e. The van der Waals surface area contributed by atoms with E-state index in [0.29, 0.717) is 23.7 Å². The summed E-state index contributed by atoms with van der Waals surface area (Å²) in [4.78, 5) is 27.3. The average Bonchev–Trinajstić information content (AvgIpc) is 3.66. The molecule has 0 aromatic heterocycles. The Bertz CT molecular complexity index is 1100. The first-order valence-corrected chi connectivity index (χ1v) is 12.5. The molecule has 2 aliphatic carbocycles. The quantitative estimate of drug-likeness (QED) is 0.607. The first-order valence-electron chi connectivity index (χ1n) is 11.1. The molecule has 8 heteroatoms. The topological polar surface area (TPSA) is 95.6 Å². The monoisotopic (exact) mass is 455 g/mol. The van der Waals surface area contributed by atoms with E-state index in [1.165, 1.54) is 12.1 Å². The zero-order valence-electron chi connectivity index (χ0n) is 18.4. The van der Waals surface area contributed by atoms with Crippen LogP contribution in [0.15, 0.2) is 53.4 Å². The molecule has 2 aromatic rings. The number of sulfonamides is 1. The van der Waals surface area contributed by atoms with E-state index in [1.54, 1.807) is 43.0 Å². The Hall–Kier alpha value is -2.71. The Kier molecular flexibility index (Phi) is 6.35. The van der Waals surface area contributed by atoms with Gasteiger partial charge in [-0.2, -0.15) is 0 Å². The second kappa shape index (κ2) is 9.03. The molecule has 2 aromatic carbocycles. The van der Waals surface area contributed by atoms with Crippen LogP contribution >= 0.6 is 0 Å². The van der Waals surface area contributed by atoms with E-state index in [4.69, 9.17) is 0 Å². The summed E-state index contributed by atoms with van der Waals surface area (Å²) in [5.74, 6) is -0.258. The van der Waals surface area contributed by atoms with Crippen LogP contribution in [0.25, 0.3) is 0 Å². The zero-order chi connectivity index (χ0) is 22.9. The van der Waals surface area contributed by atoms with Crippen molar-refractivity contribution in [1.29, 1.82) is 0 Å². The van der Waals surface area contributed by atoms with Gasteiger partial charge in [-0.3, -0.25) is 9.59 Å². The van der Waals surface area contributed by atoms with Gasteiger partial charge in [0.2, 0.25) is 10.0 Å². The number of rotatable bonds is 9. The Morgan fingerprint density at radius 2 is 1.69 bits per heavy atom.